The van der Waals surface area contributed by atoms with Crippen LogP contribution in [0.5, 0.6) is 0 Å². The van der Waals surface area contributed by atoms with Gasteiger partial charge in [-0.2, -0.15) is 0 Å². The van der Waals surface area contributed by atoms with Crippen LogP contribution in [0.25, 0.3) is 0 Å². The zero-order valence-electron chi connectivity index (χ0n) is 14.0. The molecular weight excluding hydrogens is 326 g/mol. The number of halogens is 2. The lowest BCUT2D eigenvalue weighted by molar-refractivity contribution is 0.0607. The molecule has 1 saturated heterocycles. The number of hydrogen-bond acceptors (Lipinski definition) is 4. The molecule has 3 rings (SSSR count). The molecule has 1 aromatic heterocycles. The first-order valence-corrected chi connectivity index (χ1v) is 8.44. The summed E-state index contributed by atoms with van der Waals surface area (Å²) >= 11 is 0. The summed E-state index contributed by atoms with van der Waals surface area (Å²) in [7, 11) is 0. The van der Waals surface area contributed by atoms with Gasteiger partial charge in [0.15, 0.2) is 0 Å². The monoisotopic (exact) mass is 346 g/mol. The van der Waals surface area contributed by atoms with Crippen molar-refractivity contribution in [1.29, 1.82) is 0 Å². The molecule has 1 aromatic carbocycles. The summed E-state index contributed by atoms with van der Waals surface area (Å²) in [5, 5.41) is 2.51. The normalized spacial score (nSPS) is 17.4. The Kier molecular flexibility index (Phi) is 5.21. The first kappa shape index (κ1) is 17.3. The summed E-state index contributed by atoms with van der Waals surface area (Å²) in [6, 6.07) is 3.81. The molecule has 1 atom stereocenters. The van der Waals surface area contributed by atoms with Crippen LogP contribution in [0, 0.1) is 11.6 Å². The van der Waals surface area contributed by atoms with Crippen molar-refractivity contribution < 1.29 is 13.6 Å². The second kappa shape index (κ2) is 7.55. The summed E-state index contributed by atoms with van der Waals surface area (Å²) in [5.74, 6) is -1.54. The number of nitrogens with zero attached hydrogens (tertiary/aromatic N) is 3. The zero-order chi connectivity index (χ0) is 17.8. The predicted octanol–water partition coefficient (Wildman–Crippen LogP) is 3.90. The minimum atomic E-state index is -0.733. The number of benzene rings is 1. The second-order valence-corrected chi connectivity index (χ2v) is 6.07. The minimum absolute atomic E-state index is 0.0336. The van der Waals surface area contributed by atoms with E-state index in [0.29, 0.717) is 5.56 Å². The summed E-state index contributed by atoms with van der Waals surface area (Å²) in [6.45, 7) is 2.81. The van der Waals surface area contributed by atoms with Gasteiger partial charge >= 0.3 is 0 Å². The maximum Gasteiger partial charge on any atom is 0.257 e. The molecule has 0 aliphatic carbocycles. The number of rotatable bonds is 4. The number of carbonyl (C=O) groups is 1. The highest BCUT2D eigenvalue weighted by atomic mass is 19.1. The largest absolute Gasteiger partial charge is 0.336 e. The second-order valence-electron chi connectivity index (χ2n) is 6.07. The third-order valence-corrected chi connectivity index (χ3v) is 4.46. The molecule has 0 spiro atoms. The van der Waals surface area contributed by atoms with Crippen molar-refractivity contribution in [2.45, 2.75) is 38.6 Å². The lowest BCUT2D eigenvalue weighted by atomic mass is 9.99. The van der Waals surface area contributed by atoms with E-state index in [9.17, 15) is 13.6 Å². The van der Waals surface area contributed by atoms with E-state index in [1.54, 1.807) is 0 Å². The Hall–Kier alpha value is -2.57. The van der Waals surface area contributed by atoms with E-state index in [2.05, 4.69) is 22.2 Å². The van der Waals surface area contributed by atoms with Crippen molar-refractivity contribution in [3.05, 3.63) is 47.8 Å². The smallest absolute Gasteiger partial charge is 0.257 e. The van der Waals surface area contributed by atoms with Crippen LogP contribution in [-0.4, -0.2) is 33.4 Å². The van der Waals surface area contributed by atoms with Crippen LogP contribution in [0.1, 0.15) is 43.0 Å². The molecule has 7 heteroatoms. The Morgan fingerprint density at radius 3 is 2.56 bits per heavy atom. The average molecular weight is 346 g/mol. The number of carbonyl (C=O) groups excluding carboxylic acids is 1. The molecule has 1 fully saturated rings. The van der Waals surface area contributed by atoms with Gasteiger partial charge in [-0.25, -0.2) is 18.7 Å². The maximum absolute atomic E-state index is 13.6. The number of anilines is 2. The topological polar surface area (TPSA) is 58.1 Å². The Labute approximate surface area is 145 Å². The maximum atomic E-state index is 13.6. The van der Waals surface area contributed by atoms with Crippen LogP contribution in [0.3, 0.4) is 0 Å². The molecule has 2 heterocycles. The van der Waals surface area contributed by atoms with Gasteiger partial charge in [-0.05, 0) is 37.8 Å². The number of piperidine rings is 1. The molecule has 0 radical (unpaired) electrons. The molecule has 2 aromatic rings. The highest BCUT2D eigenvalue weighted by molar-refractivity contribution is 5.94. The van der Waals surface area contributed by atoms with Crippen LogP contribution in [0.15, 0.2) is 30.6 Å². The molecule has 1 amide bonds. The summed E-state index contributed by atoms with van der Waals surface area (Å²) < 4.78 is 27.3. The molecule has 1 N–H and O–H groups in total. The van der Waals surface area contributed by atoms with Gasteiger partial charge in [0.2, 0.25) is 5.95 Å². The molecule has 0 bridgehead atoms. The van der Waals surface area contributed by atoms with Crippen molar-refractivity contribution in [3.8, 4) is 0 Å². The quantitative estimate of drug-likeness (QED) is 0.912. The number of aromatic nitrogens is 2. The van der Waals surface area contributed by atoms with E-state index in [-0.39, 0.29) is 23.6 Å². The molecule has 132 valence electrons. The zero-order valence-corrected chi connectivity index (χ0v) is 14.0. The molecule has 25 heavy (non-hydrogen) atoms. The van der Waals surface area contributed by atoms with Gasteiger partial charge < -0.3 is 10.2 Å². The molecule has 5 nitrogen and oxygen atoms in total. The van der Waals surface area contributed by atoms with Gasteiger partial charge in [0.05, 0.1) is 5.56 Å². The van der Waals surface area contributed by atoms with Crippen LogP contribution in [-0.2, 0) is 0 Å². The van der Waals surface area contributed by atoms with Gasteiger partial charge in [-0.3, -0.25) is 4.79 Å². The van der Waals surface area contributed by atoms with Crippen molar-refractivity contribution in [3.63, 3.8) is 0 Å². The fraction of sp³-hybridized carbons (Fsp3) is 0.389. The molecular formula is C18H20F2N4O. The van der Waals surface area contributed by atoms with Crippen molar-refractivity contribution in [1.82, 2.24) is 14.9 Å². The Morgan fingerprint density at radius 1 is 1.24 bits per heavy atom. The van der Waals surface area contributed by atoms with Crippen molar-refractivity contribution in [2.24, 2.45) is 0 Å². The van der Waals surface area contributed by atoms with E-state index in [1.165, 1.54) is 18.5 Å². The standard InChI is InChI=1S/C18H20F2N4O/c1-2-13-6-3-4-9-24(13)17(25)12-10-21-18(22-11-12)23-16-14(19)7-5-8-15(16)20/h5,7-8,10-11,13H,2-4,6,9H2,1H3,(H,21,22,23). The number of nitrogens with one attached hydrogen (secondary N) is 1. The fourth-order valence-corrected chi connectivity index (χ4v) is 3.09. The summed E-state index contributed by atoms with van der Waals surface area (Å²) in [5.41, 5.74) is 0.0589. The van der Waals surface area contributed by atoms with E-state index in [1.807, 2.05) is 4.90 Å². The number of likely N-dealkylation sites (tertiary alicyclic amines) is 1. The molecule has 1 unspecified atom stereocenters. The molecule has 0 saturated carbocycles. The third-order valence-electron chi connectivity index (χ3n) is 4.46. The highest BCUT2D eigenvalue weighted by Gasteiger charge is 2.26. The predicted molar refractivity (Wildman–Crippen MR) is 90.6 cm³/mol. The van der Waals surface area contributed by atoms with Gasteiger partial charge in [-0.1, -0.05) is 13.0 Å². The average Bonchev–Trinajstić information content (AvgIpc) is 2.65. The highest BCUT2D eigenvalue weighted by Crippen LogP contribution is 2.23. The molecule has 1 aliphatic heterocycles. The SMILES string of the molecule is CCC1CCCCN1C(=O)c1cnc(Nc2c(F)cccc2F)nc1. The lowest BCUT2D eigenvalue weighted by Gasteiger charge is -2.35. The van der Waals surface area contributed by atoms with E-state index in [4.69, 9.17) is 0 Å². The Morgan fingerprint density at radius 2 is 1.92 bits per heavy atom. The first-order chi connectivity index (χ1) is 12.1. The van der Waals surface area contributed by atoms with Crippen molar-refractivity contribution in [2.75, 3.05) is 11.9 Å². The van der Waals surface area contributed by atoms with E-state index < -0.39 is 11.6 Å². The number of amides is 1. The van der Waals surface area contributed by atoms with Crippen LogP contribution < -0.4 is 5.32 Å². The van der Waals surface area contributed by atoms with E-state index in [0.717, 1.165) is 44.4 Å². The Bertz CT molecular complexity index is 731. The van der Waals surface area contributed by atoms with E-state index >= 15 is 0 Å². The minimum Gasteiger partial charge on any atom is -0.336 e. The first-order valence-electron chi connectivity index (χ1n) is 8.44. The lowest BCUT2D eigenvalue weighted by Crippen LogP contribution is -2.43. The fourth-order valence-electron chi connectivity index (χ4n) is 3.09. The number of hydrogen-bond donors (Lipinski definition) is 1. The van der Waals surface area contributed by atoms with Gasteiger partial charge in [-0.15, -0.1) is 0 Å². The molecule has 1 aliphatic rings. The van der Waals surface area contributed by atoms with Gasteiger partial charge in [0.25, 0.3) is 5.91 Å². The number of para-hydroxylation sites is 1. The van der Waals surface area contributed by atoms with Crippen LogP contribution >= 0.6 is 0 Å². The van der Waals surface area contributed by atoms with Crippen LogP contribution in [0.2, 0.25) is 0 Å². The van der Waals surface area contributed by atoms with Crippen molar-refractivity contribution >= 4 is 17.5 Å². The summed E-state index contributed by atoms with van der Waals surface area (Å²) in [4.78, 5) is 22.6. The third kappa shape index (κ3) is 3.75. The van der Waals surface area contributed by atoms with Gasteiger partial charge in [0, 0.05) is 25.0 Å². The summed E-state index contributed by atoms with van der Waals surface area (Å²) in [6.07, 6.45) is 6.83. The Balaban J connectivity index is 1.74. The van der Waals surface area contributed by atoms with Gasteiger partial charge in [0.1, 0.15) is 17.3 Å². The van der Waals surface area contributed by atoms with Crippen LogP contribution in [0.4, 0.5) is 20.4 Å².